The molecule has 2 rings (SSSR count). The van der Waals surface area contributed by atoms with E-state index in [2.05, 4.69) is 24.2 Å². The largest absolute Gasteiger partial charge is 0.324 e. The average molecular weight is 215 g/mol. The SMILES string of the molecule is CCn1cc(C(N)Cc2ccccc2)cn1. The molecule has 0 aliphatic carbocycles. The van der Waals surface area contributed by atoms with Crippen LogP contribution in [0.1, 0.15) is 24.1 Å². The Hall–Kier alpha value is -1.61. The number of aryl methyl sites for hydroxylation is 1. The Morgan fingerprint density at radius 1 is 1.31 bits per heavy atom. The molecule has 0 bridgehead atoms. The Labute approximate surface area is 95.9 Å². The summed E-state index contributed by atoms with van der Waals surface area (Å²) in [7, 11) is 0. The zero-order valence-corrected chi connectivity index (χ0v) is 9.50. The van der Waals surface area contributed by atoms with Crippen LogP contribution in [0.5, 0.6) is 0 Å². The number of hydrogen-bond donors (Lipinski definition) is 1. The predicted octanol–water partition coefficient (Wildman–Crippen LogP) is 2.15. The first-order valence-corrected chi connectivity index (χ1v) is 5.61. The van der Waals surface area contributed by atoms with Gasteiger partial charge in [0, 0.05) is 24.3 Å². The minimum atomic E-state index is 0.0303. The number of nitrogens with zero attached hydrogens (tertiary/aromatic N) is 2. The molecule has 0 radical (unpaired) electrons. The first-order valence-electron chi connectivity index (χ1n) is 5.61. The fourth-order valence-corrected chi connectivity index (χ4v) is 1.73. The number of nitrogens with two attached hydrogens (primary N) is 1. The van der Waals surface area contributed by atoms with Crippen LogP contribution in [-0.2, 0) is 13.0 Å². The fourth-order valence-electron chi connectivity index (χ4n) is 1.73. The van der Waals surface area contributed by atoms with Gasteiger partial charge < -0.3 is 5.73 Å². The molecule has 1 aromatic carbocycles. The van der Waals surface area contributed by atoms with Crippen LogP contribution >= 0.6 is 0 Å². The molecule has 3 heteroatoms. The van der Waals surface area contributed by atoms with E-state index >= 15 is 0 Å². The highest BCUT2D eigenvalue weighted by Gasteiger charge is 2.08. The maximum absolute atomic E-state index is 6.14. The van der Waals surface area contributed by atoms with Crippen molar-refractivity contribution in [2.75, 3.05) is 0 Å². The van der Waals surface area contributed by atoms with E-state index in [9.17, 15) is 0 Å². The van der Waals surface area contributed by atoms with Gasteiger partial charge >= 0.3 is 0 Å². The van der Waals surface area contributed by atoms with E-state index in [1.165, 1.54) is 5.56 Å². The van der Waals surface area contributed by atoms with Gasteiger partial charge in [-0.05, 0) is 18.9 Å². The summed E-state index contributed by atoms with van der Waals surface area (Å²) in [4.78, 5) is 0. The summed E-state index contributed by atoms with van der Waals surface area (Å²) in [5.74, 6) is 0. The first kappa shape index (κ1) is 10.9. The molecule has 1 atom stereocenters. The van der Waals surface area contributed by atoms with Crippen LogP contribution in [-0.4, -0.2) is 9.78 Å². The molecule has 2 aromatic rings. The van der Waals surface area contributed by atoms with Gasteiger partial charge in [0.25, 0.3) is 0 Å². The summed E-state index contributed by atoms with van der Waals surface area (Å²) >= 11 is 0. The third-order valence-electron chi connectivity index (χ3n) is 2.70. The molecule has 0 spiro atoms. The van der Waals surface area contributed by atoms with Crippen molar-refractivity contribution in [3.05, 3.63) is 53.9 Å². The molecule has 3 nitrogen and oxygen atoms in total. The smallest absolute Gasteiger partial charge is 0.0537 e. The second-order valence-electron chi connectivity index (χ2n) is 3.93. The van der Waals surface area contributed by atoms with Crippen molar-refractivity contribution >= 4 is 0 Å². The van der Waals surface area contributed by atoms with Crippen molar-refractivity contribution in [1.29, 1.82) is 0 Å². The van der Waals surface area contributed by atoms with Crippen molar-refractivity contribution in [2.24, 2.45) is 5.73 Å². The first-order chi connectivity index (χ1) is 7.79. The minimum Gasteiger partial charge on any atom is -0.324 e. The summed E-state index contributed by atoms with van der Waals surface area (Å²) < 4.78 is 1.90. The summed E-state index contributed by atoms with van der Waals surface area (Å²) in [5, 5.41) is 4.23. The van der Waals surface area contributed by atoms with Crippen LogP contribution in [0, 0.1) is 0 Å². The summed E-state index contributed by atoms with van der Waals surface area (Å²) in [6, 6.07) is 10.3. The molecule has 0 saturated heterocycles. The molecule has 1 aromatic heterocycles. The Morgan fingerprint density at radius 3 is 2.69 bits per heavy atom. The molecule has 0 amide bonds. The van der Waals surface area contributed by atoms with Crippen LogP contribution in [0.3, 0.4) is 0 Å². The van der Waals surface area contributed by atoms with E-state index in [4.69, 9.17) is 5.73 Å². The van der Waals surface area contributed by atoms with Gasteiger partial charge in [0.05, 0.1) is 6.20 Å². The molecular weight excluding hydrogens is 198 g/mol. The molecule has 16 heavy (non-hydrogen) atoms. The van der Waals surface area contributed by atoms with Crippen molar-refractivity contribution < 1.29 is 0 Å². The number of rotatable bonds is 4. The summed E-state index contributed by atoms with van der Waals surface area (Å²) in [6.45, 7) is 2.96. The van der Waals surface area contributed by atoms with Crippen molar-refractivity contribution in [1.82, 2.24) is 9.78 Å². The Morgan fingerprint density at radius 2 is 2.06 bits per heavy atom. The molecule has 2 N–H and O–H groups in total. The quantitative estimate of drug-likeness (QED) is 0.849. The number of benzene rings is 1. The van der Waals surface area contributed by atoms with Gasteiger partial charge in [-0.15, -0.1) is 0 Å². The van der Waals surface area contributed by atoms with Gasteiger partial charge in [0.15, 0.2) is 0 Å². The third kappa shape index (κ3) is 2.49. The molecule has 84 valence electrons. The standard InChI is InChI=1S/C13H17N3/c1-2-16-10-12(9-15-16)13(14)8-11-6-4-3-5-7-11/h3-7,9-10,13H,2,8,14H2,1H3. The zero-order chi connectivity index (χ0) is 11.4. The summed E-state index contributed by atoms with van der Waals surface area (Å²) in [5.41, 5.74) is 8.51. The molecule has 0 aliphatic heterocycles. The van der Waals surface area contributed by atoms with E-state index < -0.39 is 0 Å². The Balaban J connectivity index is 2.05. The Bertz CT molecular complexity index is 433. The van der Waals surface area contributed by atoms with Crippen molar-refractivity contribution in [3.63, 3.8) is 0 Å². The van der Waals surface area contributed by atoms with Gasteiger partial charge in [-0.3, -0.25) is 4.68 Å². The van der Waals surface area contributed by atoms with Crippen molar-refractivity contribution in [2.45, 2.75) is 25.9 Å². The lowest BCUT2D eigenvalue weighted by atomic mass is 10.0. The van der Waals surface area contributed by atoms with Gasteiger partial charge in [-0.1, -0.05) is 30.3 Å². The highest BCUT2D eigenvalue weighted by atomic mass is 15.3. The zero-order valence-electron chi connectivity index (χ0n) is 9.50. The van der Waals surface area contributed by atoms with Crippen LogP contribution < -0.4 is 5.73 Å². The molecular formula is C13H17N3. The highest BCUT2D eigenvalue weighted by molar-refractivity contribution is 5.19. The monoisotopic (exact) mass is 215 g/mol. The van der Waals surface area contributed by atoms with E-state index in [0.717, 1.165) is 18.5 Å². The minimum absolute atomic E-state index is 0.0303. The third-order valence-corrected chi connectivity index (χ3v) is 2.70. The van der Waals surface area contributed by atoms with Crippen molar-refractivity contribution in [3.8, 4) is 0 Å². The molecule has 0 aliphatic rings. The lowest BCUT2D eigenvalue weighted by molar-refractivity contribution is 0.655. The molecule has 1 heterocycles. The number of aromatic nitrogens is 2. The Kier molecular flexibility index (Phi) is 3.37. The lowest BCUT2D eigenvalue weighted by Crippen LogP contribution is -2.12. The normalized spacial score (nSPS) is 12.6. The second kappa shape index (κ2) is 4.94. The maximum Gasteiger partial charge on any atom is 0.0537 e. The lowest BCUT2D eigenvalue weighted by Gasteiger charge is -2.08. The van der Waals surface area contributed by atoms with E-state index in [1.54, 1.807) is 0 Å². The molecule has 0 saturated carbocycles. The van der Waals surface area contributed by atoms with Gasteiger partial charge in [-0.25, -0.2) is 0 Å². The second-order valence-corrected chi connectivity index (χ2v) is 3.93. The summed E-state index contributed by atoms with van der Waals surface area (Å²) in [6.07, 6.45) is 4.74. The number of hydrogen-bond acceptors (Lipinski definition) is 2. The van der Waals surface area contributed by atoms with Gasteiger partial charge in [-0.2, -0.15) is 5.10 Å². The molecule has 1 unspecified atom stereocenters. The predicted molar refractivity (Wildman–Crippen MR) is 65.0 cm³/mol. The van der Waals surface area contributed by atoms with E-state index in [-0.39, 0.29) is 6.04 Å². The van der Waals surface area contributed by atoms with Crippen LogP contribution in [0.4, 0.5) is 0 Å². The topological polar surface area (TPSA) is 43.8 Å². The van der Waals surface area contributed by atoms with Gasteiger partial charge in [0.1, 0.15) is 0 Å². The van der Waals surface area contributed by atoms with Crippen LogP contribution in [0.15, 0.2) is 42.7 Å². The van der Waals surface area contributed by atoms with E-state index in [1.807, 2.05) is 35.3 Å². The van der Waals surface area contributed by atoms with Gasteiger partial charge in [0.2, 0.25) is 0 Å². The van der Waals surface area contributed by atoms with Crippen LogP contribution in [0.2, 0.25) is 0 Å². The molecule has 0 fully saturated rings. The average Bonchev–Trinajstić information content (AvgIpc) is 2.79. The van der Waals surface area contributed by atoms with E-state index in [0.29, 0.717) is 0 Å². The fraction of sp³-hybridized carbons (Fsp3) is 0.308. The maximum atomic E-state index is 6.14. The highest BCUT2D eigenvalue weighted by Crippen LogP contribution is 2.15. The van der Waals surface area contributed by atoms with Crippen LogP contribution in [0.25, 0.3) is 0 Å².